The fourth-order valence-electron chi connectivity index (χ4n) is 2.95. The fraction of sp³-hybridized carbons (Fsp3) is 0.294. The van der Waals surface area contributed by atoms with Gasteiger partial charge in [0.05, 0.1) is 9.82 Å². The lowest BCUT2D eigenvalue weighted by Gasteiger charge is -2.26. The van der Waals surface area contributed by atoms with Gasteiger partial charge in [0.1, 0.15) is 5.82 Å². The van der Waals surface area contributed by atoms with E-state index in [1.54, 1.807) is 26.0 Å². The number of fused-ring (bicyclic) bond motifs is 1. The first-order chi connectivity index (χ1) is 12.2. The van der Waals surface area contributed by atoms with Crippen LogP contribution >= 0.6 is 11.8 Å². The van der Waals surface area contributed by atoms with Gasteiger partial charge in [0, 0.05) is 23.1 Å². The second-order valence-electron chi connectivity index (χ2n) is 6.11. The molecule has 2 aromatic rings. The summed E-state index contributed by atoms with van der Waals surface area (Å²) in [6.45, 7) is 3.24. The average molecular weight is 396 g/mol. The van der Waals surface area contributed by atoms with Crippen molar-refractivity contribution in [1.29, 1.82) is 0 Å². The summed E-state index contributed by atoms with van der Waals surface area (Å²) < 4.78 is 42.4. The zero-order valence-electron chi connectivity index (χ0n) is 14.2. The Morgan fingerprint density at radius 2 is 2.04 bits per heavy atom. The summed E-state index contributed by atoms with van der Waals surface area (Å²) in [5, 5.41) is 11.1. The summed E-state index contributed by atoms with van der Waals surface area (Å²) in [6.07, 6.45) is 0.507. The minimum atomic E-state index is -4.01. The van der Waals surface area contributed by atoms with Crippen LogP contribution in [0.15, 0.2) is 40.1 Å². The lowest BCUT2D eigenvalue weighted by molar-refractivity contribution is -0.385. The summed E-state index contributed by atoms with van der Waals surface area (Å²) in [5.41, 5.74) is 1.28. The first-order valence-electron chi connectivity index (χ1n) is 7.90. The van der Waals surface area contributed by atoms with Crippen molar-refractivity contribution in [2.24, 2.45) is 0 Å². The number of hydrogen-bond acceptors (Lipinski definition) is 5. The van der Waals surface area contributed by atoms with Crippen molar-refractivity contribution in [2.75, 3.05) is 5.75 Å². The van der Waals surface area contributed by atoms with Gasteiger partial charge < -0.3 is 0 Å². The lowest BCUT2D eigenvalue weighted by Crippen LogP contribution is -2.31. The molecule has 0 fully saturated rings. The lowest BCUT2D eigenvalue weighted by atomic mass is 10.0. The van der Waals surface area contributed by atoms with Crippen LogP contribution in [0.5, 0.6) is 0 Å². The van der Waals surface area contributed by atoms with E-state index in [0.29, 0.717) is 33.8 Å². The maximum Gasteiger partial charge on any atom is 0.271 e. The molecule has 3 rings (SSSR count). The average Bonchev–Trinajstić information content (AvgIpc) is 2.57. The van der Waals surface area contributed by atoms with Gasteiger partial charge in [-0.3, -0.25) is 10.1 Å². The minimum absolute atomic E-state index is 0.125. The molecule has 1 atom stereocenters. The van der Waals surface area contributed by atoms with Crippen LogP contribution in [0.1, 0.15) is 29.2 Å². The Morgan fingerprint density at radius 3 is 2.73 bits per heavy atom. The number of thioether (sulfide) groups is 1. The highest BCUT2D eigenvalue weighted by Gasteiger charge is 2.29. The molecule has 0 radical (unpaired) electrons. The van der Waals surface area contributed by atoms with Crippen LogP contribution in [0.4, 0.5) is 10.1 Å². The predicted octanol–water partition coefficient (Wildman–Crippen LogP) is 3.87. The first-order valence-corrected chi connectivity index (χ1v) is 10.4. The van der Waals surface area contributed by atoms with E-state index in [9.17, 15) is 22.9 Å². The summed E-state index contributed by atoms with van der Waals surface area (Å²) >= 11 is 1.35. The molecule has 138 valence electrons. The van der Waals surface area contributed by atoms with Gasteiger partial charge in [0.25, 0.3) is 5.69 Å². The van der Waals surface area contributed by atoms with Crippen LogP contribution in [-0.4, -0.2) is 19.1 Å². The summed E-state index contributed by atoms with van der Waals surface area (Å²) in [5.74, 6) is 0.201. The van der Waals surface area contributed by atoms with Gasteiger partial charge in [0.2, 0.25) is 10.0 Å². The normalized spacial score (nSPS) is 17.0. The van der Waals surface area contributed by atoms with E-state index >= 15 is 0 Å². The quantitative estimate of drug-likeness (QED) is 0.626. The smallest absolute Gasteiger partial charge is 0.258 e. The maximum absolute atomic E-state index is 14.0. The number of halogens is 1. The van der Waals surface area contributed by atoms with E-state index in [0.717, 1.165) is 6.07 Å². The molecule has 2 aromatic carbocycles. The number of rotatable bonds is 4. The molecule has 9 heteroatoms. The third-order valence-electron chi connectivity index (χ3n) is 4.43. The third kappa shape index (κ3) is 3.46. The highest BCUT2D eigenvalue weighted by atomic mass is 32.2. The Labute approximate surface area is 155 Å². The molecular formula is C17H17FN2O4S2. The van der Waals surface area contributed by atoms with E-state index in [-0.39, 0.29) is 16.4 Å². The Morgan fingerprint density at radius 1 is 1.31 bits per heavy atom. The molecule has 0 aromatic heterocycles. The number of benzene rings is 2. The zero-order chi connectivity index (χ0) is 19.1. The van der Waals surface area contributed by atoms with Gasteiger partial charge in [-0.25, -0.2) is 17.5 Å². The molecule has 0 saturated carbocycles. The molecule has 1 aliphatic heterocycles. The Balaban J connectivity index is 2.02. The fourth-order valence-corrected chi connectivity index (χ4v) is 5.68. The number of hydrogen-bond donors (Lipinski definition) is 1. The monoisotopic (exact) mass is 396 g/mol. The molecule has 1 aliphatic rings. The largest absolute Gasteiger partial charge is 0.271 e. The molecule has 1 N–H and O–H groups in total. The SMILES string of the molecule is Cc1cc([N+](=O)[O-])cc(S(=O)(=O)N[C@H]2CCSc3c(F)cccc32)c1C. The van der Waals surface area contributed by atoms with E-state index in [2.05, 4.69) is 4.72 Å². The summed E-state index contributed by atoms with van der Waals surface area (Å²) in [7, 11) is -4.01. The molecule has 0 amide bonds. The van der Waals surface area contributed by atoms with Crippen molar-refractivity contribution in [3.63, 3.8) is 0 Å². The number of nitrogens with one attached hydrogen (secondary N) is 1. The van der Waals surface area contributed by atoms with Crippen LogP contribution in [0.2, 0.25) is 0 Å². The van der Waals surface area contributed by atoms with Crippen LogP contribution in [0, 0.1) is 29.8 Å². The number of nitro groups is 1. The number of aryl methyl sites for hydroxylation is 1. The Hall–Kier alpha value is -1.97. The van der Waals surface area contributed by atoms with Crippen molar-refractivity contribution in [1.82, 2.24) is 4.72 Å². The van der Waals surface area contributed by atoms with Gasteiger partial charge in [0.15, 0.2) is 0 Å². The van der Waals surface area contributed by atoms with E-state index < -0.39 is 21.0 Å². The molecule has 6 nitrogen and oxygen atoms in total. The second kappa shape index (κ2) is 6.98. The number of nitro benzene ring substituents is 1. The van der Waals surface area contributed by atoms with Gasteiger partial charge in [-0.1, -0.05) is 12.1 Å². The number of sulfonamides is 1. The summed E-state index contributed by atoms with van der Waals surface area (Å²) in [6, 6.07) is 6.42. The topological polar surface area (TPSA) is 89.3 Å². The molecule has 0 saturated heterocycles. The summed E-state index contributed by atoms with van der Waals surface area (Å²) in [4.78, 5) is 10.8. The van der Waals surface area contributed by atoms with Gasteiger partial charge >= 0.3 is 0 Å². The predicted molar refractivity (Wildman–Crippen MR) is 97.4 cm³/mol. The molecule has 0 spiro atoms. The van der Waals surface area contributed by atoms with Gasteiger partial charge in [-0.2, -0.15) is 0 Å². The van der Waals surface area contributed by atoms with Gasteiger partial charge in [-0.05, 0) is 48.8 Å². The first kappa shape index (κ1) is 18.8. The molecule has 0 aliphatic carbocycles. The second-order valence-corrected chi connectivity index (χ2v) is 8.90. The highest BCUT2D eigenvalue weighted by Crippen LogP contribution is 2.38. The van der Waals surface area contributed by atoms with E-state index in [1.165, 1.54) is 23.9 Å². The maximum atomic E-state index is 14.0. The zero-order valence-corrected chi connectivity index (χ0v) is 15.8. The van der Waals surface area contributed by atoms with Crippen molar-refractivity contribution >= 4 is 27.5 Å². The molecule has 0 bridgehead atoms. The standard InChI is InChI=1S/C17H17FN2O4S2/c1-10-8-12(20(21)22)9-16(11(10)2)26(23,24)19-15-6-7-25-17-13(15)4-3-5-14(17)18/h3-5,8-9,15,19H,6-7H2,1-2H3/t15-/m0/s1. The molecule has 26 heavy (non-hydrogen) atoms. The van der Waals surface area contributed by atoms with Crippen molar-refractivity contribution in [2.45, 2.75) is 36.1 Å². The van der Waals surface area contributed by atoms with Crippen molar-refractivity contribution in [3.05, 3.63) is 63.0 Å². The van der Waals surface area contributed by atoms with Crippen LogP contribution in [0.3, 0.4) is 0 Å². The Bertz CT molecular complexity index is 992. The van der Waals surface area contributed by atoms with Crippen LogP contribution in [-0.2, 0) is 10.0 Å². The third-order valence-corrected chi connectivity index (χ3v) is 7.19. The number of nitrogens with zero attached hydrogens (tertiary/aromatic N) is 1. The number of non-ortho nitro benzene ring substituents is 1. The molecule has 0 unspecified atom stereocenters. The Kier molecular flexibility index (Phi) is 5.05. The van der Waals surface area contributed by atoms with Crippen LogP contribution < -0.4 is 4.72 Å². The van der Waals surface area contributed by atoms with E-state index in [4.69, 9.17) is 0 Å². The highest BCUT2D eigenvalue weighted by molar-refractivity contribution is 7.99. The van der Waals surface area contributed by atoms with Gasteiger partial charge in [-0.15, -0.1) is 11.8 Å². The molecule has 1 heterocycles. The van der Waals surface area contributed by atoms with Crippen LogP contribution in [0.25, 0.3) is 0 Å². The molecular weight excluding hydrogens is 379 g/mol. The van der Waals surface area contributed by atoms with Crippen molar-refractivity contribution in [3.8, 4) is 0 Å². The van der Waals surface area contributed by atoms with Crippen molar-refractivity contribution < 1.29 is 17.7 Å². The van der Waals surface area contributed by atoms with E-state index in [1.807, 2.05) is 0 Å². The minimum Gasteiger partial charge on any atom is -0.258 e.